The SMILES string of the molecule is CCNC(=NCC(C)(C)SC)N1CCN(CC(=O)N2CCCCC2)CC1. The van der Waals surface area contributed by atoms with Crippen LogP contribution in [-0.2, 0) is 4.79 Å². The number of hydrogen-bond acceptors (Lipinski definition) is 4. The predicted molar refractivity (Wildman–Crippen MR) is 112 cm³/mol. The van der Waals surface area contributed by atoms with E-state index in [0.29, 0.717) is 12.5 Å². The first-order valence-corrected chi connectivity index (χ1v) is 11.3. The minimum atomic E-state index is 0.156. The van der Waals surface area contributed by atoms with Gasteiger partial charge in [-0.05, 0) is 46.3 Å². The molecule has 2 fully saturated rings. The molecule has 150 valence electrons. The third kappa shape index (κ3) is 6.65. The van der Waals surface area contributed by atoms with Crippen molar-refractivity contribution in [3.05, 3.63) is 0 Å². The molecule has 0 spiro atoms. The van der Waals surface area contributed by atoms with E-state index >= 15 is 0 Å². The lowest BCUT2D eigenvalue weighted by Gasteiger charge is -2.37. The van der Waals surface area contributed by atoms with Gasteiger partial charge in [0.25, 0.3) is 0 Å². The van der Waals surface area contributed by atoms with Crippen molar-refractivity contribution >= 4 is 23.6 Å². The van der Waals surface area contributed by atoms with Crippen LogP contribution in [0.15, 0.2) is 4.99 Å². The van der Waals surface area contributed by atoms with Gasteiger partial charge in [-0.3, -0.25) is 14.7 Å². The molecule has 6 nitrogen and oxygen atoms in total. The normalized spacial score (nSPS) is 20.4. The highest BCUT2D eigenvalue weighted by Gasteiger charge is 2.24. The van der Waals surface area contributed by atoms with E-state index in [1.165, 1.54) is 6.42 Å². The smallest absolute Gasteiger partial charge is 0.236 e. The van der Waals surface area contributed by atoms with Crippen LogP contribution in [0, 0.1) is 0 Å². The quantitative estimate of drug-likeness (QED) is 0.559. The van der Waals surface area contributed by atoms with E-state index in [1.54, 1.807) is 0 Å². The molecule has 1 amide bonds. The largest absolute Gasteiger partial charge is 0.357 e. The van der Waals surface area contributed by atoms with Gasteiger partial charge in [-0.2, -0.15) is 11.8 Å². The fourth-order valence-corrected chi connectivity index (χ4v) is 3.50. The average Bonchev–Trinajstić information content (AvgIpc) is 2.66. The van der Waals surface area contributed by atoms with Crippen LogP contribution < -0.4 is 5.32 Å². The van der Waals surface area contributed by atoms with Crippen LogP contribution in [0.2, 0.25) is 0 Å². The molecule has 0 saturated carbocycles. The maximum absolute atomic E-state index is 12.5. The molecule has 2 rings (SSSR count). The first-order chi connectivity index (χ1) is 12.4. The summed E-state index contributed by atoms with van der Waals surface area (Å²) < 4.78 is 0.156. The number of piperidine rings is 1. The molecule has 7 heteroatoms. The fraction of sp³-hybridized carbons (Fsp3) is 0.895. The van der Waals surface area contributed by atoms with Crippen molar-refractivity contribution < 1.29 is 4.79 Å². The Bertz CT molecular complexity index is 469. The highest BCUT2D eigenvalue weighted by Crippen LogP contribution is 2.21. The molecule has 0 bridgehead atoms. The molecule has 0 aliphatic carbocycles. The lowest BCUT2D eigenvalue weighted by atomic mass is 10.1. The van der Waals surface area contributed by atoms with Crippen LogP contribution in [-0.4, -0.2) is 96.5 Å². The molecule has 1 N–H and O–H groups in total. The molecule has 0 aromatic carbocycles. The Balaban J connectivity index is 1.82. The number of piperazine rings is 1. The monoisotopic (exact) mass is 383 g/mol. The summed E-state index contributed by atoms with van der Waals surface area (Å²) in [4.78, 5) is 24.0. The number of nitrogens with zero attached hydrogens (tertiary/aromatic N) is 4. The van der Waals surface area contributed by atoms with Gasteiger partial charge >= 0.3 is 0 Å². The van der Waals surface area contributed by atoms with Crippen LogP contribution in [0.25, 0.3) is 0 Å². The third-order valence-corrected chi connectivity index (χ3v) is 6.47. The van der Waals surface area contributed by atoms with Crippen LogP contribution in [0.5, 0.6) is 0 Å². The lowest BCUT2D eigenvalue weighted by Crippen LogP contribution is -2.54. The van der Waals surface area contributed by atoms with Crippen molar-refractivity contribution in [1.29, 1.82) is 0 Å². The molecule has 2 heterocycles. The zero-order chi connectivity index (χ0) is 19.0. The maximum Gasteiger partial charge on any atom is 0.236 e. The van der Waals surface area contributed by atoms with E-state index < -0.39 is 0 Å². The number of guanidine groups is 1. The Hall–Kier alpha value is -0.950. The first-order valence-electron chi connectivity index (χ1n) is 10.0. The van der Waals surface area contributed by atoms with Crippen LogP contribution in [0.4, 0.5) is 0 Å². The molecule has 0 aromatic heterocycles. The zero-order valence-corrected chi connectivity index (χ0v) is 17.9. The second-order valence-corrected chi connectivity index (χ2v) is 9.35. The number of thioether (sulfide) groups is 1. The lowest BCUT2D eigenvalue weighted by molar-refractivity contribution is -0.133. The zero-order valence-electron chi connectivity index (χ0n) is 17.1. The molecule has 0 radical (unpaired) electrons. The van der Waals surface area contributed by atoms with Crippen LogP contribution in [0.1, 0.15) is 40.0 Å². The Morgan fingerprint density at radius 3 is 2.27 bits per heavy atom. The maximum atomic E-state index is 12.5. The fourth-order valence-electron chi connectivity index (χ4n) is 3.31. The minimum absolute atomic E-state index is 0.156. The number of carbonyl (C=O) groups excluding carboxylic acids is 1. The molecule has 2 saturated heterocycles. The summed E-state index contributed by atoms with van der Waals surface area (Å²) in [6.07, 6.45) is 5.73. The van der Waals surface area contributed by atoms with E-state index in [9.17, 15) is 4.79 Å². The van der Waals surface area contributed by atoms with Crippen molar-refractivity contribution in [2.75, 3.05) is 65.2 Å². The first kappa shape index (κ1) is 21.4. The molecular weight excluding hydrogens is 346 g/mol. The van der Waals surface area contributed by atoms with Crippen molar-refractivity contribution in [2.45, 2.75) is 44.8 Å². The summed E-state index contributed by atoms with van der Waals surface area (Å²) in [6, 6.07) is 0. The van der Waals surface area contributed by atoms with E-state index in [4.69, 9.17) is 4.99 Å². The second-order valence-electron chi connectivity index (χ2n) is 7.84. The van der Waals surface area contributed by atoms with Gasteiger partial charge in [-0.15, -0.1) is 0 Å². The van der Waals surface area contributed by atoms with Gasteiger partial charge in [0.1, 0.15) is 0 Å². The van der Waals surface area contributed by atoms with E-state index in [1.807, 2.05) is 16.7 Å². The summed E-state index contributed by atoms with van der Waals surface area (Å²) in [5, 5.41) is 3.43. The molecule has 2 aliphatic rings. The van der Waals surface area contributed by atoms with Crippen LogP contribution in [0.3, 0.4) is 0 Å². The average molecular weight is 384 g/mol. The Morgan fingerprint density at radius 1 is 1.04 bits per heavy atom. The van der Waals surface area contributed by atoms with Gasteiger partial charge in [0.15, 0.2) is 5.96 Å². The summed E-state index contributed by atoms with van der Waals surface area (Å²) in [6.45, 7) is 14.4. The number of rotatable bonds is 6. The standard InChI is InChI=1S/C19H37N5OS/c1-5-20-18(21-16-19(2,3)26-4)24-13-11-22(12-14-24)15-17(25)23-9-7-6-8-10-23/h5-16H2,1-4H3,(H,20,21). The van der Waals surface area contributed by atoms with Gasteiger partial charge < -0.3 is 15.1 Å². The highest BCUT2D eigenvalue weighted by atomic mass is 32.2. The van der Waals surface area contributed by atoms with Crippen molar-refractivity contribution in [3.8, 4) is 0 Å². The topological polar surface area (TPSA) is 51.2 Å². The Labute approximate surface area is 163 Å². The summed E-state index contributed by atoms with van der Waals surface area (Å²) in [7, 11) is 0. The molecule has 26 heavy (non-hydrogen) atoms. The van der Waals surface area contributed by atoms with E-state index in [-0.39, 0.29) is 4.75 Å². The van der Waals surface area contributed by atoms with Gasteiger partial charge in [0.05, 0.1) is 13.1 Å². The highest BCUT2D eigenvalue weighted by molar-refractivity contribution is 7.99. The van der Waals surface area contributed by atoms with Gasteiger partial charge in [0, 0.05) is 50.6 Å². The van der Waals surface area contributed by atoms with Crippen molar-refractivity contribution in [3.63, 3.8) is 0 Å². The number of amides is 1. The summed E-state index contributed by atoms with van der Waals surface area (Å²) >= 11 is 1.85. The Morgan fingerprint density at radius 2 is 1.69 bits per heavy atom. The summed E-state index contributed by atoms with van der Waals surface area (Å²) in [5.41, 5.74) is 0. The molecule has 0 atom stereocenters. The number of aliphatic imine (C=N–C) groups is 1. The predicted octanol–water partition coefficient (Wildman–Crippen LogP) is 1.72. The number of hydrogen-bond donors (Lipinski definition) is 1. The summed E-state index contributed by atoms with van der Waals surface area (Å²) in [5.74, 6) is 1.32. The van der Waals surface area contributed by atoms with E-state index in [2.05, 4.69) is 42.1 Å². The molecule has 0 aromatic rings. The van der Waals surface area contributed by atoms with Crippen molar-refractivity contribution in [2.24, 2.45) is 4.99 Å². The second kappa shape index (κ2) is 10.4. The molecule has 2 aliphatic heterocycles. The molecular formula is C19H37N5OS. The minimum Gasteiger partial charge on any atom is -0.357 e. The Kier molecular flexibility index (Phi) is 8.54. The number of carbonyl (C=O) groups is 1. The van der Waals surface area contributed by atoms with Gasteiger partial charge in [-0.1, -0.05) is 0 Å². The van der Waals surface area contributed by atoms with E-state index in [0.717, 1.165) is 71.2 Å². The third-order valence-electron chi connectivity index (χ3n) is 5.24. The number of nitrogens with one attached hydrogen (secondary N) is 1. The van der Waals surface area contributed by atoms with Gasteiger partial charge in [-0.25, -0.2) is 0 Å². The van der Waals surface area contributed by atoms with Crippen molar-refractivity contribution in [1.82, 2.24) is 20.0 Å². The number of likely N-dealkylation sites (tertiary alicyclic amines) is 1. The molecule has 0 unspecified atom stereocenters. The van der Waals surface area contributed by atoms with Crippen LogP contribution >= 0.6 is 11.8 Å². The van der Waals surface area contributed by atoms with Gasteiger partial charge in [0.2, 0.25) is 5.91 Å².